The van der Waals surface area contributed by atoms with Crippen LogP contribution in [0.4, 0.5) is 0 Å². The van der Waals surface area contributed by atoms with Gasteiger partial charge in [-0.15, -0.1) is 0 Å². The Morgan fingerprint density at radius 3 is 2.43 bits per heavy atom. The summed E-state index contributed by atoms with van der Waals surface area (Å²) in [6.45, 7) is 4.60. The van der Waals surface area contributed by atoms with Crippen LogP contribution >= 0.6 is 0 Å². The second kappa shape index (κ2) is 4.19. The second-order valence-electron chi connectivity index (χ2n) is 4.73. The third-order valence-corrected chi connectivity index (χ3v) is 5.55. The van der Waals surface area contributed by atoms with Crippen molar-refractivity contribution in [3.05, 3.63) is 0 Å². The molecule has 1 saturated heterocycles. The van der Waals surface area contributed by atoms with Crippen molar-refractivity contribution >= 4 is 9.84 Å². The molecule has 0 bridgehead atoms. The van der Waals surface area contributed by atoms with Gasteiger partial charge in [0.05, 0.1) is 4.75 Å². The molecule has 3 nitrogen and oxygen atoms in total. The van der Waals surface area contributed by atoms with Crippen LogP contribution in [-0.2, 0) is 9.84 Å². The Hall–Kier alpha value is -0.0900. The molecule has 14 heavy (non-hydrogen) atoms. The highest BCUT2D eigenvalue weighted by molar-refractivity contribution is 7.92. The Kier molecular flexibility index (Phi) is 3.58. The second-order valence-corrected chi connectivity index (χ2v) is 7.33. The molecule has 0 spiro atoms. The van der Waals surface area contributed by atoms with E-state index in [1.165, 1.54) is 12.7 Å². The fourth-order valence-corrected chi connectivity index (χ4v) is 2.60. The molecule has 1 fully saturated rings. The van der Waals surface area contributed by atoms with Crippen molar-refractivity contribution in [2.75, 3.05) is 12.8 Å². The average molecular weight is 219 g/mol. The summed E-state index contributed by atoms with van der Waals surface area (Å²) in [5.41, 5.74) is 0. The normalized spacial score (nSPS) is 25.8. The molecule has 1 N–H and O–H groups in total. The standard InChI is InChI=1S/C10H21NO2S/c1-10(2,14(3,12)13)9-7-5-4-6-8-11-9/h9,11H,4-8H2,1-3H3. The molecule has 1 rings (SSSR count). The van der Waals surface area contributed by atoms with Crippen molar-refractivity contribution in [3.8, 4) is 0 Å². The zero-order valence-corrected chi connectivity index (χ0v) is 10.2. The predicted octanol–water partition coefficient (Wildman–Crippen LogP) is 1.34. The molecular formula is C10H21NO2S. The summed E-state index contributed by atoms with van der Waals surface area (Å²) in [6, 6.07) is 0.111. The highest BCUT2D eigenvalue weighted by Crippen LogP contribution is 2.25. The molecule has 84 valence electrons. The number of rotatable bonds is 2. The van der Waals surface area contributed by atoms with Crippen LogP contribution in [0.5, 0.6) is 0 Å². The number of hydrogen-bond acceptors (Lipinski definition) is 3. The van der Waals surface area contributed by atoms with Crippen molar-refractivity contribution in [3.63, 3.8) is 0 Å². The fraction of sp³-hybridized carbons (Fsp3) is 1.00. The summed E-state index contributed by atoms with van der Waals surface area (Å²) >= 11 is 0. The Balaban J connectivity index is 2.80. The van der Waals surface area contributed by atoms with E-state index in [1.54, 1.807) is 0 Å². The van der Waals surface area contributed by atoms with Crippen molar-refractivity contribution in [2.45, 2.75) is 50.3 Å². The summed E-state index contributed by atoms with van der Waals surface area (Å²) in [4.78, 5) is 0. The first-order valence-corrected chi connectivity index (χ1v) is 7.18. The number of hydrogen-bond donors (Lipinski definition) is 1. The molecule has 0 aromatic rings. The van der Waals surface area contributed by atoms with Crippen LogP contribution in [0, 0.1) is 0 Å². The number of sulfone groups is 1. The largest absolute Gasteiger partial charge is 0.312 e. The molecular weight excluding hydrogens is 198 g/mol. The Bertz CT molecular complexity index is 274. The maximum Gasteiger partial charge on any atom is 0.154 e. The van der Waals surface area contributed by atoms with Gasteiger partial charge in [-0.3, -0.25) is 0 Å². The Morgan fingerprint density at radius 1 is 1.21 bits per heavy atom. The van der Waals surface area contributed by atoms with Gasteiger partial charge in [0.1, 0.15) is 0 Å². The highest BCUT2D eigenvalue weighted by atomic mass is 32.2. The van der Waals surface area contributed by atoms with Gasteiger partial charge in [0.15, 0.2) is 9.84 Å². The average Bonchev–Trinajstić information content (AvgIpc) is 2.29. The molecule has 1 aliphatic rings. The summed E-state index contributed by atoms with van der Waals surface area (Å²) in [5, 5.41) is 3.35. The molecule has 4 heteroatoms. The van der Waals surface area contributed by atoms with Gasteiger partial charge in [-0.05, 0) is 33.2 Å². The zero-order chi connectivity index (χ0) is 10.8. The molecule has 1 heterocycles. The van der Waals surface area contributed by atoms with Gasteiger partial charge in [-0.1, -0.05) is 12.8 Å². The molecule has 0 amide bonds. The lowest BCUT2D eigenvalue weighted by Gasteiger charge is -2.32. The summed E-state index contributed by atoms with van der Waals surface area (Å²) in [7, 11) is -2.98. The van der Waals surface area contributed by atoms with Gasteiger partial charge >= 0.3 is 0 Å². The van der Waals surface area contributed by atoms with E-state index in [0.29, 0.717) is 0 Å². The lowest BCUT2D eigenvalue weighted by atomic mass is 9.98. The smallest absolute Gasteiger partial charge is 0.154 e. The topological polar surface area (TPSA) is 46.2 Å². The van der Waals surface area contributed by atoms with E-state index in [0.717, 1.165) is 25.8 Å². The first kappa shape index (κ1) is 12.0. The minimum Gasteiger partial charge on any atom is -0.312 e. The Labute approximate surface area is 87.2 Å². The monoisotopic (exact) mass is 219 g/mol. The minimum atomic E-state index is -2.98. The lowest BCUT2D eigenvalue weighted by molar-refractivity contribution is 0.404. The molecule has 0 saturated carbocycles. The van der Waals surface area contributed by atoms with Crippen molar-refractivity contribution in [1.82, 2.24) is 5.32 Å². The first-order valence-electron chi connectivity index (χ1n) is 5.28. The molecule has 1 unspecified atom stereocenters. The summed E-state index contributed by atoms with van der Waals surface area (Å²) in [6.07, 6.45) is 5.82. The molecule has 0 aromatic carbocycles. The summed E-state index contributed by atoms with van der Waals surface area (Å²) < 4.78 is 22.6. The van der Waals surface area contributed by atoms with Crippen LogP contribution in [-0.4, -0.2) is 32.0 Å². The maximum absolute atomic E-state index is 11.6. The Morgan fingerprint density at radius 2 is 1.86 bits per heavy atom. The van der Waals surface area contributed by atoms with Gasteiger partial charge < -0.3 is 5.32 Å². The van der Waals surface area contributed by atoms with Crippen molar-refractivity contribution in [2.24, 2.45) is 0 Å². The van der Waals surface area contributed by atoms with E-state index in [1.807, 2.05) is 13.8 Å². The SMILES string of the molecule is CC(C)(C1CCCCCN1)S(C)(=O)=O. The van der Waals surface area contributed by atoms with E-state index >= 15 is 0 Å². The van der Waals surface area contributed by atoms with E-state index < -0.39 is 14.6 Å². The highest BCUT2D eigenvalue weighted by Gasteiger charge is 2.38. The molecule has 1 aliphatic heterocycles. The van der Waals surface area contributed by atoms with E-state index in [-0.39, 0.29) is 6.04 Å². The number of nitrogens with one attached hydrogen (secondary N) is 1. The molecule has 0 radical (unpaired) electrons. The van der Waals surface area contributed by atoms with Crippen molar-refractivity contribution < 1.29 is 8.42 Å². The van der Waals surface area contributed by atoms with Crippen LogP contribution in [0.2, 0.25) is 0 Å². The van der Waals surface area contributed by atoms with Gasteiger partial charge in [-0.2, -0.15) is 0 Å². The summed E-state index contributed by atoms with van der Waals surface area (Å²) in [5.74, 6) is 0. The minimum absolute atomic E-state index is 0.111. The van der Waals surface area contributed by atoms with E-state index in [2.05, 4.69) is 5.32 Å². The quantitative estimate of drug-likeness (QED) is 0.762. The van der Waals surface area contributed by atoms with Crippen LogP contribution in [0.1, 0.15) is 39.5 Å². The molecule has 1 atom stereocenters. The van der Waals surface area contributed by atoms with Crippen molar-refractivity contribution in [1.29, 1.82) is 0 Å². The van der Waals surface area contributed by atoms with Crippen LogP contribution < -0.4 is 5.32 Å². The van der Waals surface area contributed by atoms with E-state index in [9.17, 15) is 8.42 Å². The van der Waals surface area contributed by atoms with E-state index in [4.69, 9.17) is 0 Å². The third kappa shape index (κ3) is 2.48. The van der Waals surface area contributed by atoms with Crippen LogP contribution in [0.25, 0.3) is 0 Å². The third-order valence-electron chi connectivity index (χ3n) is 3.36. The van der Waals surface area contributed by atoms with Crippen LogP contribution in [0.15, 0.2) is 0 Å². The van der Waals surface area contributed by atoms with Gasteiger partial charge in [-0.25, -0.2) is 8.42 Å². The lowest BCUT2D eigenvalue weighted by Crippen LogP contribution is -2.51. The van der Waals surface area contributed by atoms with Gasteiger partial charge in [0.25, 0.3) is 0 Å². The molecule has 0 aliphatic carbocycles. The van der Waals surface area contributed by atoms with Gasteiger partial charge in [0.2, 0.25) is 0 Å². The first-order chi connectivity index (χ1) is 6.36. The predicted molar refractivity (Wildman–Crippen MR) is 59.2 cm³/mol. The van der Waals surface area contributed by atoms with Crippen LogP contribution in [0.3, 0.4) is 0 Å². The fourth-order valence-electron chi connectivity index (χ4n) is 1.88. The zero-order valence-electron chi connectivity index (χ0n) is 9.34. The van der Waals surface area contributed by atoms with Gasteiger partial charge in [0, 0.05) is 12.3 Å². The maximum atomic E-state index is 11.6. The molecule has 0 aromatic heterocycles.